The molecular weight excluding hydrogens is 366 g/mol. The van der Waals surface area contributed by atoms with E-state index in [1.54, 1.807) is 0 Å². The van der Waals surface area contributed by atoms with E-state index in [9.17, 15) is 18.0 Å². The highest BCUT2D eigenvalue weighted by Crippen LogP contribution is 2.26. The van der Waals surface area contributed by atoms with Gasteiger partial charge in [0.2, 0.25) is 11.8 Å². The Labute approximate surface area is 156 Å². The number of carbonyl (C=O) groups excluding carboxylic acids is 2. The van der Waals surface area contributed by atoms with Crippen LogP contribution in [0.1, 0.15) is 33.1 Å². The van der Waals surface area contributed by atoms with Crippen LogP contribution in [0.5, 0.6) is 0 Å². The van der Waals surface area contributed by atoms with Crippen molar-refractivity contribution in [2.24, 2.45) is 23.5 Å². The van der Waals surface area contributed by atoms with Crippen LogP contribution in [0.2, 0.25) is 0 Å². The molecule has 2 heterocycles. The molecule has 0 saturated carbocycles. The van der Waals surface area contributed by atoms with Gasteiger partial charge in [-0.15, -0.1) is 12.4 Å². The minimum absolute atomic E-state index is 0. The number of primary amides is 1. The first kappa shape index (κ1) is 22.2. The molecule has 0 aliphatic carbocycles. The first-order chi connectivity index (χ1) is 11.2. The standard InChI is InChI=1S/C16H29N3O4S.ClH/c1-11(2)13-8-19(10-15(17)20)9-14(13)18-16(21)7-12-3-5-24(22,23)6-4-12;/h11-14H,3-10H2,1-2H3,(H2,17,20)(H,18,21);1H/t13-,14+;/m1./s1. The summed E-state index contributed by atoms with van der Waals surface area (Å²) in [4.78, 5) is 25.5. The fourth-order valence-electron chi connectivity index (χ4n) is 3.76. The van der Waals surface area contributed by atoms with Gasteiger partial charge in [-0.2, -0.15) is 0 Å². The van der Waals surface area contributed by atoms with Crippen molar-refractivity contribution in [3.63, 3.8) is 0 Å². The van der Waals surface area contributed by atoms with Crippen LogP contribution in [0.4, 0.5) is 0 Å². The van der Waals surface area contributed by atoms with Gasteiger partial charge < -0.3 is 11.1 Å². The quantitative estimate of drug-likeness (QED) is 0.666. The monoisotopic (exact) mass is 395 g/mol. The van der Waals surface area contributed by atoms with Gasteiger partial charge in [-0.25, -0.2) is 8.42 Å². The molecule has 146 valence electrons. The Morgan fingerprint density at radius 1 is 1.20 bits per heavy atom. The van der Waals surface area contributed by atoms with Crippen LogP contribution in [-0.4, -0.2) is 62.3 Å². The number of hydrogen-bond donors (Lipinski definition) is 2. The Kier molecular flexibility index (Phi) is 8.15. The lowest BCUT2D eigenvalue weighted by Crippen LogP contribution is -2.43. The highest BCUT2D eigenvalue weighted by Gasteiger charge is 2.36. The van der Waals surface area contributed by atoms with E-state index in [4.69, 9.17) is 5.73 Å². The predicted octanol–water partition coefficient (Wildman–Crippen LogP) is 0.181. The van der Waals surface area contributed by atoms with E-state index in [1.807, 2.05) is 4.90 Å². The van der Waals surface area contributed by atoms with Crippen molar-refractivity contribution in [3.8, 4) is 0 Å². The van der Waals surface area contributed by atoms with Gasteiger partial charge in [0.1, 0.15) is 9.84 Å². The van der Waals surface area contributed by atoms with E-state index in [2.05, 4.69) is 19.2 Å². The number of halogens is 1. The number of amides is 2. The molecule has 0 bridgehead atoms. The minimum atomic E-state index is -2.89. The highest BCUT2D eigenvalue weighted by molar-refractivity contribution is 7.91. The van der Waals surface area contributed by atoms with Crippen LogP contribution in [0.15, 0.2) is 0 Å². The van der Waals surface area contributed by atoms with Crippen LogP contribution in [0, 0.1) is 17.8 Å². The average molecular weight is 396 g/mol. The Balaban J connectivity index is 0.00000312. The molecule has 2 rings (SSSR count). The van der Waals surface area contributed by atoms with Gasteiger partial charge in [-0.3, -0.25) is 14.5 Å². The molecule has 2 fully saturated rings. The average Bonchev–Trinajstić information content (AvgIpc) is 2.83. The number of nitrogens with two attached hydrogens (primary N) is 1. The zero-order valence-corrected chi connectivity index (χ0v) is 16.6. The number of likely N-dealkylation sites (tertiary alicyclic amines) is 1. The summed E-state index contributed by atoms with van der Waals surface area (Å²) in [5, 5.41) is 3.10. The number of hydrogen-bond acceptors (Lipinski definition) is 5. The van der Waals surface area contributed by atoms with E-state index in [-0.39, 0.29) is 54.2 Å². The first-order valence-electron chi connectivity index (χ1n) is 8.66. The predicted molar refractivity (Wildman–Crippen MR) is 99.1 cm³/mol. The van der Waals surface area contributed by atoms with Gasteiger partial charge in [0.15, 0.2) is 0 Å². The number of nitrogens with one attached hydrogen (secondary N) is 1. The molecular formula is C16H30ClN3O4S. The maximum absolute atomic E-state index is 12.4. The summed E-state index contributed by atoms with van der Waals surface area (Å²) in [6.07, 6.45) is 1.52. The third-order valence-corrected chi connectivity index (χ3v) is 6.89. The number of rotatable bonds is 6. The van der Waals surface area contributed by atoms with Crippen molar-refractivity contribution >= 4 is 34.1 Å². The lowest BCUT2D eigenvalue weighted by atomic mass is 9.90. The summed E-state index contributed by atoms with van der Waals surface area (Å²) < 4.78 is 22.9. The lowest BCUT2D eigenvalue weighted by molar-refractivity contribution is -0.123. The lowest BCUT2D eigenvalue weighted by Gasteiger charge is -2.25. The summed E-state index contributed by atoms with van der Waals surface area (Å²) in [5.74, 6) is 0.844. The molecule has 2 aliphatic heterocycles. The fourth-order valence-corrected chi connectivity index (χ4v) is 5.35. The third-order valence-electron chi connectivity index (χ3n) is 5.17. The van der Waals surface area contributed by atoms with E-state index in [0.717, 1.165) is 6.54 Å². The largest absolute Gasteiger partial charge is 0.369 e. The maximum atomic E-state index is 12.4. The number of sulfone groups is 1. The van der Waals surface area contributed by atoms with Crippen molar-refractivity contribution < 1.29 is 18.0 Å². The number of nitrogens with zero attached hydrogens (tertiary/aromatic N) is 1. The first-order valence-corrected chi connectivity index (χ1v) is 10.5. The molecule has 7 nitrogen and oxygen atoms in total. The molecule has 0 aromatic rings. The second-order valence-corrected chi connectivity index (χ2v) is 9.85. The topological polar surface area (TPSA) is 110 Å². The zero-order valence-electron chi connectivity index (χ0n) is 14.9. The van der Waals surface area contributed by atoms with E-state index >= 15 is 0 Å². The molecule has 2 aliphatic rings. The molecule has 25 heavy (non-hydrogen) atoms. The second kappa shape index (κ2) is 9.19. The van der Waals surface area contributed by atoms with E-state index in [0.29, 0.717) is 37.6 Å². The molecule has 0 aromatic heterocycles. The van der Waals surface area contributed by atoms with Gasteiger partial charge in [-0.1, -0.05) is 13.8 Å². The Hall–Kier alpha value is -0.860. The Bertz CT molecular complexity index is 568. The van der Waals surface area contributed by atoms with Crippen molar-refractivity contribution in [1.29, 1.82) is 0 Å². The fraction of sp³-hybridized carbons (Fsp3) is 0.875. The van der Waals surface area contributed by atoms with Crippen molar-refractivity contribution in [2.45, 2.75) is 39.2 Å². The normalized spacial score (nSPS) is 27.0. The summed E-state index contributed by atoms with van der Waals surface area (Å²) >= 11 is 0. The SMILES string of the molecule is CC(C)[C@H]1CN(CC(N)=O)C[C@@H]1NC(=O)CC1CCS(=O)(=O)CC1.Cl. The molecule has 0 aromatic carbocycles. The van der Waals surface area contributed by atoms with Crippen LogP contribution in [-0.2, 0) is 19.4 Å². The second-order valence-electron chi connectivity index (χ2n) is 7.54. The molecule has 9 heteroatoms. The van der Waals surface area contributed by atoms with Crippen molar-refractivity contribution in [2.75, 3.05) is 31.1 Å². The van der Waals surface area contributed by atoms with E-state index < -0.39 is 9.84 Å². The molecule has 2 atom stereocenters. The van der Waals surface area contributed by atoms with Gasteiger partial charge in [0.05, 0.1) is 18.1 Å². The van der Waals surface area contributed by atoms with Crippen LogP contribution in [0.3, 0.4) is 0 Å². The summed E-state index contributed by atoms with van der Waals surface area (Å²) in [5.41, 5.74) is 5.27. The van der Waals surface area contributed by atoms with Gasteiger partial charge in [0, 0.05) is 25.6 Å². The molecule has 0 radical (unpaired) electrons. The maximum Gasteiger partial charge on any atom is 0.231 e. The summed E-state index contributed by atoms with van der Waals surface area (Å²) in [7, 11) is -2.89. The molecule has 0 unspecified atom stereocenters. The minimum Gasteiger partial charge on any atom is -0.369 e. The molecule has 3 N–H and O–H groups in total. The Morgan fingerprint density at radius 2 is 1.80 bits per heavy atom. The van der Waals surface area contributed by atoms with Gasteiger partial charge in [-0.05, 0) is 30.6 Å². The number of carbonyl (C=O) groups is 2. The molecule has 2 saturated heterocycles. The smallest absolute Gasteiger partial charge is 0.231 e. The van der Waals surface area contributed by atoms with Gasteiger partial charge in [0.25, 0.3) is 0 Å². The van der Waals surface area contributed by atoms with Crippen LogP contribution in [0.25, 0.3) is 0 Å². The van der Waals surface area contributed by atoms with Crippen LogP contribution >= 0.6 is 12.4 Å². The van der Waals surface area contributed by atoms with E-state index in [1.165, 1.54) is 0 Å². The zero-order chi connectivity index (χ0) is 17.9. The third kappa shape index (κ3) is 6.75. The van der Waals surface area contributed by atoms with Crippen LogP contribution < -0.4 is 11.1 Å². The summed E-state index contributed by atoms with van der Waals surface area (Å²) in [6.45, 7) is 5.84. The van der Waals surface area contributed by atoms with Crippen molar-refractivity contribution in [1.82, 2.24) is 10.2 Å². The highest BCUT2D eigenvalue weighted by atomic mass is 35.5. The molecule has 0 spiro atoms. The van der Waals surface area contributed by atoms with Crippen molar-refractivity contribution in [3.05, 3.63) is 0 Å². The van der Waals surface area contributed by atoms with Gasteiger partial charge >= 0.3 is 0 Å². The molecule has 2 amide bonds. The summed E-state index contributed by atoms with van der Waals surface area (Å²) in [6, 6.07) is 0.0178. The Morgan fingerprint density at radius 3 is 2.32 bits per heavy atom.